The van der Waals surface area contributed by atoms with Gasteiger partial charge in [0.25, 0.3) is 0 Å². The summed E-state index contributed by atoms with van der Waals surface area (Å²) >= 11 is 0. The van der Waals surface area contributed by atoms with Crippen LogP contribution >= 0.6 is 0 Å². The molecule has 2 saturated heterocycles. The van der Waals surface area contributed by atoms with Gasteiger partial charge in [-0.25, -0.2) is 12.7 Å². The normalized spacial score (nSPS) is 19.9. The number of nitrogens with zero attached hydrogens (tertiary/aromatic N) is 3. The van der Waals surface area contributed by atoms with E-state index in [1.165, 1.54) is 0 Å². The van der Waals surface area contributed by atoms with E-state index in [0.29, 0.717) is 56.6 Å². The lowest BCUT2D eigenvalue weighted by atomic mass is 10.0. The molecule has 0 unspecified atom stereocenters. The molecule has 0 aliphatic carbocycles. The zero-order chi connectivity index (χ0) is 20.8. The highest BCUT2D eigenvalue weighted by Crippen LogP contribution is 2.25. The quantitative estimate of drug-likeness (QED) is 0.629. The van der Waals surface area contributed by atoms with Gasteiger partial charge in [-0.15, -0.1) is 0 Å². The van der Waals surface area contributed by atoms with Gasteiger partial charge in [0.1, 0.15) is 0 Å². The number of ether oxygens (including phenoxy) is 2. The third-order valence-corrected chi connectivity index (χ3v) is 7.57. The first kappa shape index (κ1) is 21.4. The highest BCUT2D eigenvalue weighted by atomic mass is 32.2. The molecule has 3 heterocycles. The van der Waals surface area contributed by atoms with Crippen molar-refractivity contribution in [1.29, 1.82) is 0 Å². The molecule has 9 heteroatoms. The van der Waals surface area contributed by atoms with Gasteiger partial charge in [-0.1, -0.05) is 35.5 Å². The number of aromatic nitrogens is 2. The van der Waals surface area contributed by atoms with Gasteiger partial charge in [0.05, 0.1) is 18.5 Å². The molecule has 30 heavy (non-hydrogen) atoms. The fraction of sp³-hybridized carbons (Fsp3) is 0.619. The standard InChI is InChI=1S/C21H29N3O5S/c25-30(26,16-17-4-2-1-3-5-17)24-11-6-19(7-12-24)28-15-10-20-22-21(29-23-20)18-8-13-27-14-9-18/h1-5,18-19H,6-16H2. The average Bonchev–Trinajstić information content (AvgIpc) is 3.24. The Hall–Kier alpha value is -1.81. The molecule has 0 radical (unpaired) electrons. The van der Waals surface area contributed by atoms with E-state index in [4.69, 9.17) is 14.0 Å². The third kappa shape index (κ3) is 5.66. The number of piperidine rings is 1. The smallest absolute Gasteiger partial charge is 0.229 e. The zero-order valence-electron chi connectivity index (χ0n) is 17.1. The molecule has 0 saturated carbocycles. The van der Waals surface area contributed by atoms with Crippen LogP contribution in [0.2, 0.25) is 0 Å². The minimum absolute atomic E-state index is 0.0483. The maximum atomic E-state index is 12.6. The first-order valence-corrected chi connectivity index (χ1v) is 12.2. The van der Waals surface area contributed by atoms with Gasteiger partial charge in [-0.2, -0.15) is 4.98 Å². The van der Waals surface area contributed by atoms with E-state index in [0.717, 1.165) is 31.6 Å². The van der Waals surface area contributed by atoms with E-state index >= 15 is 0 Å². The van der Waals surface area contributed by atoms with Crippen LogP contribution in [-0.2, 0) is 31.7 Å². The Kier molecular flexibility index (Phi) is 7.14. The Labute approximate surface area is 177 Å². The molecule has 0 bridgehead atoms. The van der Waals surface area contributed by atoms with Gasteiger partial charge in [0, 0.05) is 38.6 Å². The summed E-state index contributed by atoms with van der Waals surface area (Å²) in [6.07, 6.45) is 3.91. The first-order chi connectivity index (χ1) is 14.6. The molecular weight excluding hydrogens is 406 g/mol. The van der Waals surface area contributed by atoms with Gasteiger partial charge in [0.2, 0.25) is 15.9 Å². The molecule has 0 amide bonds. The van der Waals surface area contributed by atoms with Crippen LogP contribution in [0.3, 0.4) is 0 Å². The predicted molar refractivity (Wildman–Crippen MR) is 110 cm³/mol. The second-order valence-corrected chi connectivity index (χ2v) is 9.87. The maximum absolute atomic E-state index is 12.6. The summed E-state index contributed by atoms with van der Waals surface area (Å²) in [5.41, 5.74) is 0.816. The fourth-order valence-electron chi connectivity index (χ4n) is 3.95. The van der Waals surface area contributed by atoms with Gasteiger partial charge in [-0.3, -0.25) is 0 Å². The van der Waals surface area contributed by atoms with E-state index in [1.807, 2.05) is 30.3 Å². The highest BCUT2D eigenvalue weighted by Gasteiger charge is 2.28. The highest BCUT2D eigenvalue weighted by molar-refractivity contribution is 7.88. The van der Waals surface area contributed by atoms with Crippen molar-refractivity contribution in [3.8, 4) is 0 Å². The maximum Gasteiger partial charge on any atom is 0.229 e. The van der Waals surface area contributed by atoms with Crippen LogP contribution in [0.15, 0.2) is 34.9 Å². The Morgan fingerprint density at radius 3 is 2.53 bits per heavy atom. The molecule has 0 spiro atoms. The third-order valence-electron chi connectivity index (χ3n) is 5.72. The molecule has 4 rings (SSSR count). The topological polar surface area (TPSA) is 94.8 Å². The first-order valence-electron chi connectivity index (χ1n) is 10.6. The lowest BCUT2D eigenvalue weighted by molar-refractivity contribution is 0.0222. The summed E-state index contributed by atoms with van der Waals surface area (Å²) in [5.74, 6) is 1.71. The Morgan fingerprint density at radius 2 is 1.80 bits per heavy atom. The van der Waals surface area contributed by atoms with Crippen LogP contribution in [0.1, 0.15) is 48.9 Å². The number of sulfonamides is 1. The van der Waals surface area contributed by atoms with Crippen molar-refractivity contribution < 1.29 is 22.4 Å². The van der Waals surface area contributed by atoms with Crippen molar-refractivity contribution in [1.82, 2.24) is 14.4 Å². The van der Waals surface area contributed by atoms with Gasteiger partial charge >= 0.3 is 0 Å². The largest absolute Gasteiger partial charge is 0.381 e. The van der Waals surface area contributed by atoms with E-state index in [2.05, 4.69) is 10.1 Å². The molecule has 1 aromatic carbocycles. The molecule has 0 N–H and O–H groups in total. The number of rotatable bonds is 8. The van der Waals surface area contributed by atoms with Crippen LogP contribution in [0.4, 0.5) is 0 Å². The van der Waals surface area contributed by atoms with Crippen molar-refractivity contribution >= 4 is 10.0 Å². The van der Waals surface area contributed by atoms with Crippen LogP contribution in [-0.4, -0.2) is 61.9 Å². The molecule has 2 aromatic rings. The van der Waals surface area contributed by atoms with Gasteiger partial charge in [-0.05, 0) is 31.2 Å². The Morgan fingerprint density at radius 1 is 1.07 bits per heavy atom. The summed E-state index contributed by atoms with van der Waals surface area (Å²) in [5, 5.41) is 4.06. The van der Waals surface area contributed by atoms with E-state index in [1.54, 1.807) is 4.31 Å². The van der Waals surface area contributed by atoms with E-state index < -0.39 is 10.0 Å². The number of benzene rings is 1. The van der Waals surface area contributed by atoms with Crippen LogP contribution in [0.25, 0.3) is 0 Å². The van der Waals surface area contributed by atoms with Crippen molar-refractivity contribution in [2.75, 3.05) is 32.9 Å². The van der Waals surface area contributed by atoms with Gasteiger partial charge < -0.3 is 14.0 Å². The SMILES string of the molecule is O=S(=O)(Cc1ccccc1)N1CCC(OCCc2noc(C3CCOCC3)n2)CC1. The molecule has 2 fully saturated rings. The molecule has 0 atom stereocenters. The minimum atomic E-state index is -3.29. The summed E-state index contributed by atoms with van der Waals surface area (Å²) in [6, 6.07) is 9.30. The molecule has 2 aliphatic rings. The second kappa shape index (κ2) is 10.00. The summed E-state index contributed by atoms with van der Waals surface area (Å²) in [7, 11) is -3.29. The van der Waals surface area contributed by atoms with Crippen molar-refractivity contribution in [2.24, 2.45) is 0 Å². The molecule has 2 aliphatic heterocycles. The van der Waals surface area contributed by atoms with Gasteiger partial charge in [0.15, 0.2) is 5.82 Å². The fourth-order valence-corrected chi connectivity index (χ4v) is 5.51. The lowest BCUT2D eigenvalue weighted by Gasteiger charge is -2.31. The minimum Gasteiger partial charge on any atom is -0.381 e. The molecule has 8 nitrogen and oxygen atoms in total. The Balaban J connectivity index is 1.18. The van der Waals surface area contributed by atoms with Crippen molar-refractivity contribution in [2.45, 2.75) is 49.9 Å². The monoisotopic (exact) mass is 435 g/mol. The van der Waals surface area contributed by atoms with Crippen molar-refractivity contribution in [3.63, 3.8) is 0 Å². The molecular formula is C21H29N3O5S. The zero-order valence-corrected chi connectivity index (χ0v) is 17.9. The molecule has 1 aromatic heterocycles. The second-order valence-electron chi connectivity index (χ2n) is 7.90. The van der Waals surface area contributed by atoms with Crippen LogP contribution in [0.5, 0.6) is 0 Å². The van der Waals surface area contributed by atoms with E-state index in [9.17, 15) is 8.42 Å². The lowest BCUT2D eigenvalue weighted by Crippen LogP contribution is -2.41. The average molecular weight is 436 g/mol. The van der Waals surface area contributed by atoms with Crippen LogP contribution in [0, 0.1) is 0 Å². The number of hydrogen-bond donors (Lipinski definition) is 0. The van der Waals surface area contributed by atoms with Crippen molar-refractivity contribution in [3.05, 3.63) is 47.6 Å². The predicted octanol–water partition coefficient (Wildman–Crippen LogP) is 2.52. The van der Waals surface area contributed by atoms with Crippen LogP contribution < -0.4 is 0 Å². The summed E-state index contributed by atoms with van der Waals surface area (Å²) in [4.78, 5) is 4.50. The Bertz CT molecular complexity index is 888. The van der Waals surface area contributed by atoms with E-state index in [-0.39, 0.29) is 11.9 Å². The molecule has 164 valence electrons. The number of hydrogen-bond acceptors (Lipinski definition) is 7. The summed E-state index contributed by atoms with van der Waals surface area (Å²) in [6.45, 7) is 2.98. The summed E-state index contributed by atoms with van der Waals surface area (Å²) < 4.78 is 43.6.